The van der Waals surface area contributed by atoms with Crippen molar-refractivity contribution in [2.45, 2.75) is 26.4 Å². The molecule has 0 atom stereocenters. The Bertz CT molecular complexity index is 1290. The number of rotatable bonds is 7. The van der Waals surface area contributed by atoms with Gasteiger partial charge >= 0.3 is 6.36 Å². The van der Waals surface area contributed by atoms with Crippen LogP contribution in [0.1, 0.15) is 16.8 Å². The van der Waals surface area contributed by atoms with Crippen molar-refractivity contribution in [3.05, 3.63) is 71.4 Å². The van der Waals surface area contributed by atoms with Crippen molar-refractivity contribution < 1.29 is 27.2 Å². The third-order valence-electron chi connectivity index (χ3n) is 5.84. The quantitative estimate of drug-likeness (QED) is 0.365. The SMILES string of the molecule is Cc1cc(-c2nc(-c3ccc(OC(F)(F)F)cc3)no2)nn1Cc1ccc(CN2CCOCC2)cc1. The Balaban J connectivity index is 1.24. The van der Waals surface area contributed by atoms with E-state index in [9.17, 15) is 13.2 Å². The van der Waals surface area contributed by atoms with Crippen LogP contribution in [0.15, 0.2) is 59.1 Å². The molecule has 0 spiro atoms. The molecule has 8 nitrogen and oxygen atoms in total. The lowest BCUT2D eigenvalue weighted by atomic mass is 10.1. The standard InChI is InChI=1S/C25H24F3N5O3/c1-17-14-22(24-29-23(31-36-24)20-6-8-21(9-7-20)35-25(26,27)28)30-33(17)16-19-4-2-18(3-5-19)15-32-10-12-34-13-11-32/h2-9,14H,10-13,15-16H2,1H3. The van der Waals surface area contributed by atoms with Crippen molar-refractivity contribution in [1.29, 1.82) is 0 Å². The Hall–Kier alpha value is -3.70. The third-order valence-corrected chi connectivity index (χ3v) is 5.84. The van der Waals surface area contributed by atoms with E-state index in [2.05, 4.69) is 49.1 Å². The minimum absolute atomic E-state index is 0.225. The lowest BCUT2D eigenvalue weighted by Crippen LogP contribution is -2.35. The summed E-state index contributed by atoms with van der Waals surface area (Å²) >= 11 is 0. The molecule has 0 bridgehead atoms. The van der Waals surface area contributed by atoms with E-state index in [-0.39, 0.29) is 17.5 Å². The average Bonchev–Trinajstić information content (AvgIpc) is 3.48. The minimum atomic E-state index is -4.75. The topological polar surface area (TPSA) is 78.4 Å². The van der Waals surface area contributed by atoms with Crippen LogP contribution in [-0.4, -0.2) is 57.5 Å². The minimum Gasteiger partial charge on any atom is -0.406 e. The van der Waals surface area contributed by atoms with Crippen molar-refractivity contribution >= 4 is 0 Å². The molecular weight excluding hydrogens is 475 g/mol. The Morgan fingerprint density at radius 3 is 2.28 bits per heavy atom. The van der Waals surface area contributed by atoms with Crippen LogP contribution < -0.4 is 4.74 Å². The molecule has 0 saturated carbocycles. The van der Waals surface area contributed by atoms with Crippen molar-refractivity contribution in [2.75, 3.05) is 26.3 Å². The zero-order chi connectivity index (χ0) is 25.1. The van der Waals surface area contributed by atoms with Crippen LogP contribution in [0.4, 0.5) is 13.2 Å². The van der Waals surface area contributed by atoms with Gasteiger partial charge in [-0.3, -0.25) is 9.58 Å². The Morgan fingerprint density at radius 1 is 0.944 bits per heavy atom. The lowest BCUT2D eigenvalue weighted by molar-refractivity contribution is -0.274. The highest BCUT2D eigenvalue weighted by molar-refractivity contribution is 5.58. The first-order chi connectivity index (χ1) is 17.3. The molecule has 0 unspecified atom stereocenters. The molecule has 2 aromatic heterocycles. The van der Waals surface area contributed by atoms with Gasteiger partial charge < -0.3 is 14.0 Å². The number of benzene rings is 2. The van der Waals surface area contributed by atoms with Crippen molar-refractivity contribution in [2.24, 2.45) is 0 Å². The van der Waals surface area contributed by atoms with E-state index >= 15 is 0 Å². The van der Waals surface area contributed by atoms with Crippen molar-refractivity contribution in [3.63, 3.8) is 0 Å². The number of aryl methyl sites for hydroxylation is 1. The van der Waals surface area contributed by atoms with Crippen LogP contribution in [-0.2, 0) is 17.8 Å². The maximum Gasteiger partial charge on any atom is 0.573 e. The summed E-state index contributed by atoms with van der Waals surface area (Å²) in [6.45, 7) is 6.91. The number of ether oxygens (including phenoxy) is 2. The molecule has 5 rings (SSSR count). The number of morpholine rings is 1. The second-order valence-corrected chi connectivity index (χ2v) is 8.53. The molecule has 1 saturated heterocycles. The van der Waals surface area contributed by atoms with Gasteiger partial charge in [-0.05, 0) is 48.4 Å². The Morgan fingerprint density at radius 2 is 1.61 bits per heavy atom. The van der Waals surface area contributed by atoms with E-state index in [1.807, 2.05) is 17.7 Å². The summed E-state index contributed by atoms with van der Waals surface area (Å²) in [5.41, 5.74) is 4.32. The van der Waals surface area contributed by atoms with Crippen LogP contribution in [0.25, 0.3) is 23.0 Å². The van der Waals surface area contributed by atoms with Gasteiger partial charge in [0.1, 0.15) is 5.75 Å². The predicted octanol–water partition coefficient (Wildman–Crippen LogP) is 4.69. The molecular formula is C25H24F3N5O3. The van der Waals surface area contributed by atoms with E-state index in [1.54, 1.807) is 0 Å². The van der Waals surface area contributed by atoms with Gasteiger partial charge in [-0.25, -0.2) is 0 Å². The molecule has 11 heteroatoms. The zero-order valence-corrected chi connectivity index (χ0v) is 19.5. The summed E-state index contributed by atoms with van der Waals surface area (Å²) in [4.78, 5) is 6.73. The largest absolute Gasteiger partial charge is 0.573 e. The van der Waals surface area contributed by atoms with Gasteiger partial charge in [0, 0.05) is 30.9 Å². The smallest absolute Gasteiger partial charge is 0.406 e. The second-order valence-electron chi connectivity index (χ2n) is 8.53. The first kappa shape index (κ1) is 24.0. The molecule has 1 fully saturated rings. The summed E-state index contributed by atoms with van der Waals surface area (Å²) in [5, 5.41) is 8.54. The molecule has 0 N–H and O–H groups in total. The van der Waals surface area contributed by atoms with Crippen LogP contribution in [0.5, 0.6) is 5.75 Å². The summed E-state index contributed by atoms with van der Waals surface area (Å²) < 4.78 is 53.6. The van der Waals surface area contributed by atoms with Gasteiger partial charge in [-0.2, -0.15) is 10.1 Å². The summed E-state index contributed by atoms with van der Waals surface area (Å²) in [7, 11) is 0. The van der Waals surface area contributed by atoms with Crippen LogP contribution >= 0.6 is 0 Å². The third kappa shape index (κ3) is 5.92. The van der Waals surface area contributed by atoms with Crippen LogP contribution in [0.2, 0.25) is 0 Å². The lowest BCUT2D eigenvalue weighted by Gasteiger charge is -2.26. The van der Waals surface area contributed by atoms with E-state index in [1.165, 1.54) is 29.8 Å². The molecule has 4 aromatic rings. The average molecular weight is 499 g/mol. The van der Waals surface area contributed by atoms with E-state index in [4.69, 9.17) is 9.26 Å². The van der Waals surface area contributed by atoms with Gasteiger partial charge in [-0.1, -0.05) is 29.4 Å². The molecule has 2 aromatic carbocycles. The van der Waals surface area contributed by atoms with E-state index < -0.39 is 6.36 Å². The highest BCUT2D eigenvalue weighted by Crippen LogP contribution is 2.27. The maximum absolute atomic E-state index is 12.4. The Labute approximate surface area is 205 Å². The van der Waals surface area contributed by atoms with Gasteiger partial charge in [-0.15, -0.1) is 13.2 Å². The molecule has 1 aliphatic rings. The summed E-state index contributed by atoms with van der Waals surface area (Å²) in [5.74, 6) is 0.147. The molecule has 0 amide bonds. The van der Waals surface area contributed by atoms with Gasteiger partial charge in [0.25, 0.3) is 5.89 Å². The number of nitrogens with zero attached hydrogens (tertiary/aromatic N) is 5. The fourth-order valence-corrected chi connectivity index (χ4v) is 3.97. The number of hydrogen-bond donors (Lipinski definition) is 0. The van der Waals surface area contributed by atoms with Crippen molar-refractivity contribution in [1.82, 2.24) is 24.8 Å². The van der Waals surface area contributed by atoms with E-state index in [0.29, 0.717) is 17.8 Å². The molecule has 0 aliphatic carbocycles. The molecule has 188 valence electrons. The van der Waals surface area contributed by atoms with Gasteiger partial charge in [0.05, 0.1) is 19.8 Å². The van der Waals surface area contributed by atoms with Crippen LogP contribution in [0, 0.1) is 6.92 Å². The summed E-state index contributed by atoms with van der Waals surface area (Å²) in [6, 6.07) is 15.6. The first-order valence-electron chi connectivity index (χ1n) is 11.4. The fourth-order valence-electron chi connectivity index (χ4n) is 3.97. The fraction of sp³-hybridized carbons (Fsp3) is 0.320. The highest BCUT2D eigenvalue weighted by atomic mass is 19.4. The maximum atomic E-state index is 12.4. The number of aromatic nitrogens is 4. The van der Waals surface area contributed by atoms with E-state index in [0.717, 1.165) is 44.1 Å². The highest BCUT2D eigenvalue weighted by Gasteiger charge is 2.31. The molecule has 0 radical (unpaired) electrons. The zero-order valence-electron chi connectivity index (χ0n) is 19.5. The first-order valence-corrected chi connectivity index (χ1v) is 11.4. The monoisotopic (exact) mass is 499 g/mol. The summed E-state index contributed by atoms with van der Waals surface area (Å²) in [6.07, 6.45) is -4.75. The number of alkyl halides is 3. The normalized spacial score (nSPS) is 14.8. The van der Waals surface area contributed by atoms with Gasteiger partial charge in [0.15, 0.2) is 5.69 Å². The number of hydrogen-bond acceptors (Lipinski definition) is 7. The van der Waals surface area contributed by atoms with Crippen LogP contribution in [0.3, 0.4) is 0 Å². The second kappa shape index (κ2) is 10.1. The number of halogens is 3. The molecule has 1 aliphatic heterocycles. The van der Waals surface area contributed by atoms with Gasteiger partial charge in [0.2, 0.25) is 5.82 Å². The predicted molar refractivity (Wildman–Crippen MR) is 124 cm³/mol. The molecule has 36 heavy (non-hydrogen) atoms. The Kier molecular flexibility index (Phi) is 6.75. The van der Waals surface area contributed by atoms with Crippen molar-refractivity contribution in [3.8, 4) is 28.7 Å². The molecule has 3 heterocycles.